The van der Waals surface area contributed by atoms with Gasteiger partial charge in [-0.2, -0.15) is 0 Å². The third-order valence-corrected chi connectivity index (χ3v) is 4.01. The number of rotatable bonds is 3. The molecule has 0 radical (unpaired) electrons. The van der Waals surface area contributed by atoms with Crippen molar-refractivity contribution in [1.29, 1.82) is 0 Å². The Bertz CT molecular complexity index is 868. The van der Waals surface area contributed by atoms with Crippen molar-refractivity contribution in [3.05, 3.63) is 42.5 Å². The van der Waals surface area contributed by atoms with E-state index in [9.17, 15) is 4.79 Å². The molecule has 0 aliphatic carbocycles. The van der Waals surface area contributed by atoms with Crippen molar-refractivity contribution in [2.45, 2.75) is 6.10 Å². The maximum Gasteiger partial charge on any atom is 0.319 e. The Balaban J connectivity index is 1.44. The first kappa shape index (κ1) is 15.0. The van der Waals surface area contributed by atoms with Gasteiger partial charge in [0.15, 0.2) is 0 Å². The molecule has 1 aliphatic heterocycles. The molecule has 1 aromatic heterocycles. The minimum Gasteiger partial charge on any atom is -0.456 e. The second-order valence-electron chi connectivity index (χ2n) is 5.71. The molecule has 6 heteroatoms. The molecule has 0 spiro atoms. The maximum atomic E-state index is 12.0. The highest BCUT2D eigenvalue weighted by Gasteiger charge is 2.15. The molecule has 0 unspecified atom stereocenters. The topological polar surface area (TPSA) is 72.7 Å². The predicted molar refractivity (Wildman–Crippen MR) is 91.3 cm³/mol. The molecule has 0 saturated carbocycles. The Kier molecular flexibility index (Phi) is 4.06. The highest BCUT2D eigenvalue weighted by Crippen LogP contribution is 2.30. The van der Waals surface area contributed by atoms with Crippen LogP contribution in [0.15, 0.2) is 46.9 Å². The number of para-hydroxylation sites is 1. The fourth-order valence-corrected chi connectivity index (χ4v) is 2.84. The highest BCUT2D eigenvalue weighted by atomic mass is 16.6. The van der Waals surface area contributed by atoms with Crippen LogP contribution in [0.25, 0.3) is 21.9 Å². The zero-order valence-corrected chi connectivity index (χ0v) is 13.1. The number of carbonyl (C=O) groups is 1. The third-order valence-electron chi connectivity index (χ3n) is 4.01. The Hall–Kier alpha value is -2.57. The lowest BCUT2D eigenvalue weighted by Gasteiger charge is -2.23. The molecule has 3 aromatic rings. The lowest BCUT2D eigenvalue weighted by atomic mass is 10.1. The lowest BCUT2D eigenvalue weighted by molar-refractivity contribution is -0.0852. The summed E-state index contributed by atoms with van der Waals surface area (Å²) >= 11 is 0. The standard InChI is InChI=1S/C18H18N2O4/c21-18(19-10-13-11-22-7-8-23-13)20-12-5-6-15-14-3-1-2-4-16(14)24-17(15)9-12/h1-6,9,13H,7-8,10-11H2,(H2,19,20,21)/t13-/m0/s1. The van der Waals surface area contributed by atoms with Crippen LogP contribution in [-0.4, -0.2) is 38.5 Å². The van der Waals surface area contributed by atoms with Gasteiger partial charge < -0.3 is 24.5 Å². The molecule has 1 atom stereocenters. The second-order valence-corrected chi connectivity index (χ2v) is 5.71. The van der Waals surface area contributed by atoms with Crippen LogP contribution in [-0.2, 0) is 9.47 Å². The van der Waals surface area contributed by atoms with E-state index in [0.717, 1.165) is 21.9 Å². The van der Waals surface area contributed by atoms with Gasteiger partial charge in [0, 0.05) is 29.1 Å². The van der Waals surface area contributed by atoms with Crippen molar-refractivity contribution < 1.29 is 18.7 Å². The molecular formula is C18H18N2O4. The van der Waals surface area contributed by atoms with Crippen molar-refractivity contribution in [1.82, 2.24) is 5.32 Å². The molecule has 1 fully saturated rings. The van der Waals surface area contributed by atoms with Crippen LogP contribution in [0.4, 0.5) is 10.5 Å². The zero-order valence-electron chi connectivity index (χ0n) is 13.1. The molecule has 2 aromatic carbocycles. The molecule has 2 heterocycles. The van der Waals surface area contributed by atoms with Crippen LogP contribution in [0.2, 0.25) is 0 Å². The minimum atomic E-state index is -0.278. The van der Waals surface area contributed by atoms with Crippen LogP contribution in [0.5, 0.6) is 0 Å². The van der Waals surface area contributed by atoms with Gasteiger partial charge in [-0.15, -0.1) is 0 Å². The van der Waals surface area contributed by atoms with Gasteiger partial charge in [0.1, 0.15) is 11.2 Å². The summed E-state index contributed by atoms with van der Waals surface area (Å²) < 4.78 is 16.6. The van der Waals surface area contributed by atoms with Gasteiger partial charge in [-0.1, -0.05) is 18.2 Å². The van der Waals surface area contributed by atoms with E-state index in [1.807, 2.05) is 42.5 Å². The van der Waals surface area contributed by atoms with Crippen LogP contribution in [0, 0.1) is 0 Å². The largest absolute Gasteiger partial charge is 0.456 e. The molecular weight excluding hydrogens is 308 g/mol. The van der Waals surface area contributed by atoms with Gasteiger partial charge in [0.25, 0.3) is 0 Å². The number of carbonyl (C=O) groups excluding carboxylic acids is 1. The summed E-state index contributed by atoms with van der Waals surface area (Å²) in [5.74, 6) is 0. The smallest absolute Gasteiger partial charge is 0.319 e. The summed E-state index contributed by atoms with van der Waals surface area (Å²) in [6.07, 6.45) is -0.0950. The fraction of sp³-hybridized carbons (Fsp3) is 0.278. The summed E-state index contributed by atoms with van der Waals surface area (Å²) in [4.78, 5) is 12.0. The number of fused-ring (bicyclic) bond motifs is 3. The van der Waals surface area contributed by atoms with E-state index in [1.54, 1.807) is 0 Å². The van der Waals surface area contributed by atoms with E-state index < -0.39 is 0 Å². The monoisotopic (exact) mass is 326 g/mol. The number of hydrogen-bond donors (Lipinski definition) is 2. The quantitative estimate of drug-likeness (QED) is 0.775. The minimum absolute atomic E-state index is 0.0950. The number of furan rings is 1. The zero-order chi connectivity index (χ0) is 16.4. The maximum absolute atomic E-state index is 12.0. The molecule has 4 rings (SSSR count). The van der Waals surface area contributed by atoms with E-state index in [2.05, 4.69) is 10.6 Å². The Labute approximate surface area is 138 Å². The molecule has 2 N–H and O–H groups in total. The van der Waals surface area contributed by atoms with Gasteiger partial charge >= 0.3 is 6.03 Å². The Morgan fingerprint density at radius 3 is 2.83 bits per heavy atom. The summed E-state index contributed by atoms with van der Waals surface area (Å²) in [6, 6.07) is 13.2. The fourth-order valence-electron chi connectivity index (χ4n) is 2.84. The lowest BCUT2D eigenvalue weighted by Crippen LogP contribution is -2.41. The predicted octanol–water partition coefficient (Wildman–Crippen LogP) is 3.12. The van der Waals surface area contributed by atoms with Crippen LogP contribution in [0.3, 0.4) is 0 Å². The number of amides is 2. The number of ether oxygens (including phenoxy) is 2. The van der Waals surface area contributed by atoms with Crippen molar-refractivity contribution >= 4 is 33.7 Å². The van der Waals surface area contributed by atoms with Crippen LogP contribution in [0.1, 0.15) is 0 Å². The summed E-state index contributed by atoms with van der Waals surface area (Å²) in [6.45, 7) is 2.10. The number of anilines is 1. The van der Waals surface area contributed by atoms with Gasteiger partial charge in [-0.25, -0.2) is 4.79 Å². The van der Waals surface area contributed by atoms with Gasteiger partial charge in [-0.3, -0.25) is 0 Å². The number of urea groups is 1. The van der Waals surface area contributed by atoms with E-state index >= 15 is 0 Å². The number of nitrogens with one attached hydrogen (secondary N) is 2. The van der Waals surface area contributed by atoms with Gasteiger partial charge in [0.2, 0.25) is 0 Å². The van der Waals surface area contributed by atoms with Gasteiger partial charge in [0.05, 0.1) is 25.9 Å². The van der Waals surface area contributed by atoms with Gasteiger partial charge in [-0.05, 0) is 18.2 Å². The molecule has 1 aliphatic rings. The summed E-state index contributed by atoms with van der Waals surface area (Å²) in [5, 5.41) is 7.70. The number of benzene rings is 2. The van der Waals surface area contributed by atoms with Crippen molar-refractivity contribution in [2.24, 2.45) is 0 Å². The SMILES string of the molecule is O=C(NC[C@H]1COCCO1)Nc1ccc2c(c1)oc1ccccc12. The van der Waals surface area contributed by atoms with Crippen molar-refractivity contribution in [3.8, 4) is 0 Å². The Morgan fingerprint density at radius 2 is 1.96 bits per heavy atom. The second kappa shape index (κ2) is 6.51. The number of hydrogen-bond acceptors (Lipinski definition) is 4. The summed E-state index contributed by atoms with van der Waals surface area (Å²) in [5.41, 5.74) is 2.27. The van der Waals surface area contributed by atoms with Crippen molar-refractivity contribution in [3.63, 3.8) is 0 Å². The van der Waals surface area contributed by atoms with Crippen molar-refractivity contribution in [2.75, 3.05) is 31.7 Å². The molecule has 124 valence electrons. The van der Waals surface area contributed by atoms with E-state index in [4.69, 9.17) is 13.9 Å². The highest BCUT2D eigenvalue weighted by molar-refractivity contribution is 6.06. The average Bonchev–Trinajstić information content (AvgIpc) is 2.98. The Morgan fingerprint density at radius 1 is 1.08 bits per heavy atom. The van der Waals surface area contributed by atoms with Crippen LogP contribution >= 0.6 is 0 Å². The van der Waals surface area contributed by atoms with E-state index in [0.29, 0.717) is 32.1 Å². The molecule has 6 nitrogen and oxygen atoms in total. The van der Waals surface area contributed by atoms with Crippen LogP contribution < -0.4 is 10.6 Å². The molecule has 0 bridgehead atoms. The molecule has 2 amide bonds. The summed E-state index contributed by atoms with van der Waals surface area (Å²) in [7, 11) is 0. The molecule has 1 saturated heterocycles. The molecule has 24 heavy (non-hydrogen) atoms. The van der Waals surface area contributed by atoms with E-state index in [1.165, 1.54) is 0 Å². The third kappa shape index (κ3) is 3.06. The normalized spacial score (nSPS) is 17.9. The first-order valence-electron chi connectivity index (χ1n) is 7.95. The first-order valence-corrected chi connectivity index (χ1v) is 7.95. The van der Waals surface area contributed by atoms with E-state index in [-0.39, 0.29) is 12.1 Å². The first-order chi connectivity index (χ1) is 11.8. The average molecular weight is 326 g/mol.